The molecule has 1 saturated heterocycles. The van der Waals surface area contributed by atoms with Crippen LogP contribution in [-0.4, -0.2) is 28.9 Å². The van der Waals surface area contributed by atoms with Crippen LogP contribution in [0, 0.1) is 0 Å². The molecule has 0 aliphatic carbocycles. The van der Waals surface area contributed by atoms with E-state index >= 15 is 0 Å². The minimum absolute atomic E-state index is 0.0294. The predicted molar refractivity (Wildman–Crippen MR) is 103 cm³/mol. The highest BCUT2D eigenvalue weighted by atomic mass is 35.5. The van der Waals surface area contributed by atoms with Crippen LogP contribution in [0.2, 0.25) is 5.02 Å². The second kappa shape index (κ2) is 7.12. The van der Waals surface area contributed by atoms with Crippen molar-refractivity contribution in [3.05, 3.63) is 59.1 Å². The Kier molecular flexibility index (Phi) is 4.70. The first-order valence-electron chi connectivity index (χ1n) is 8.37. The lowest BCUT2D eigenvalue weighted by molar-refractivity contribution is -0.121. The summed E-state index contributed by atoms with van der Waals surface area (Å²) in [6.45, 7) is 1.89. The van der Waals surface area contributed by atoms with Crippen LogP contribution in [0.3, 0.4) is 0 Å². The highest BCUT2D eigenvalue weighted by molar-refractivity contribution is 7.22. The molecule has 25 heavy (non-hydrogen) atoms. The van der Waals surface area contributed by atoms with Gasteiger partial charge in [0.2, 0.25) is 5.91 Å². The molecule has 1 unspecified atom stereocenters. The summed E-state index contributed by atoms with van der Waals surface area (Å²) < 4.78 is 0.972. The fourth-order valence-electron chi connectivity index (χ4n) is 3.29. The maximum absolute atomic E-state index is 13.0. The molecule has 1 amide bonds. The summed E-state index contributed by atoms with van der Waals surface area (Å²) in [6.07, 6.45) is 2.27. The quantitative estimate of drug-likeness (QED) is 0.721. The molecule has 0 bridgehead atoms. The molecule has 6 heteroatoms. The number of fused-ring (bicyclic) bond motifs is 1. The van der Waals surface area contributed by atoms with Gasteiger partial charge >= 0.3 is 0 Å². The maximum atomic E-state index is 13.0. The molecule has 0 spiro atoms. The molecule has 1 aliphatic rings. The number of nitrogens with zero attached hydrogens (tertiary/aromatic N) is 2. The molecule has 4 rings (SSSR count). The summed E-state index contributed by atoms with van der Waals surface area (Å²) in [7, 11) is 0. The number of hydrogen-bond donors (Lipinski definition) is 1. The summed E-state index contributed by atoms with van der Waals surface area (Å²) in [4.78, 5) is 19.8. The molecule has 1 aromatic heterocycles. The molecule has 3 aromatic rings. The summed E-state index contributed by atoms with van der Waals surface area (Å²) in [6, 6.07) is 15.2. The van der Waals surface area contributed by atoms with Gasteiger partial charge in [0.05, 0.1) is 10.2 Å². The number of likely N-dealkylation sites (tertiary alicyclic amines) is 1. The van der Waals surface area contributed by atoms with Crippen LogP contribution < -0.4 is 5.32 Å². The average Bonchev–Trinajstić information content (AvgIpc) is 3.25. The molecule has 1 atom stereocenters. The number of rotatable bonds is 4. The van der Waals surface area contributed by atoms with Crippen LogP contribution in [0.15, 0.2) is 48.5 Å². The van der Waals surface area contributed by atoms with Crippen molar-refractivity contribution in [3.63, 3.8) is 0 Å². The molecule has 0 saturated carbocycles. The third kappa shape index (κ3) is 3.54. The maximum Gasteiger partial charge on any atom is 0.248 e. The average molecular weight is 372 g/mol. The summed E-state index contributed by atoms with van der Waals surface area (Å²) in [5.41, 5.74) is 1.87. The summed E-state index contributed by atoms with van der Waals surface area (Å²) >= 11 is 7.48. The Morgan fingerprint density at radius 1 is 1.16 bits per heavy atom. The van der Waals surface area contributed by atoms with E-state index in [9.17, 15) is 4.79 Å². The zero-order chi connectivity index (χ0) is 17.2. The number of hydrogen-bond acceptors (Lipinski definition) is 4. The predicted octanol–water partition coefficient (Wildman–Crippen LogP) is 4.73. The number of benzene rings is 2. The fraction of sp³-hybridized carbons (Fsp3) is 0.263. The Hall–Kier alpha value is -1.95. The third-order valence-electron chi connectivity index (χ3n) is 4.45. The molecule has 1 aliphatic heterocycles. The fourth-order valence-corrected chi connectivity index (χ4v) is 4.43. The van der Waals surface area contributed by atoms with Gasteiger partial charge in [-0.15, -0.1) is 0 Å². The monoisotopic (exact) mass is 371 g/mol. The number of carbonyl (C=O) groups excluding carboxylic acids is 1. The highest BCUT2D eigenvalue weighted by Gasteiger charge is 2.30. The third-order valence-corrected chi connectivity index (χ3v) is 5.62. The van der Waals surface area contributed by atoms with Crippen molar-refractivity contribution < 1.29 is 4.79 Å². The molecule has 0 radical (unpaired) electrons. The molecule has 4 nitrogen and oxygen atoms in total. The normalized spacial score (nSPS) is 16.2. The number of nitrogens with one attached hydrogen (secondary N) is 1. The largest absolute Gasteiger partial charge is 0.300 e. The first-order chi connectivity index (χ1) is 12.2. The van der Waals surface area contributed by atoms with Crippen LogP contribution in [-0.2, 0) is 4.79 Å². The molecule has 2 aromatic carbocycles. The summed E-state index contributed by atoms with van der Waals surface area (Å²) in [5.74, 6) is -0.0294. The van der Waals surface area contributed by atoms with Gasteiger partial charge in [0, 0.05) is 5.02 Å². The lowest BCUT2D eigenvalue weighted by Gasteiger charge is -2.26. The van der Waals surface area contributed by atoms with Crippen molar-refractivity contribution in [1.82, 2.24) is 9.88 Å². The van der Waals surface area contributed by atoms with E-state index in [1.54, 1.807) is 0 Å². The number of amides is 1. The smallest absolute Gasteiger partial charge is 0.248 e. The van der Waals surface area contributed by atoms with E-state index in [0.717, 1.165) is 41.7 Å². The summed E-state index contributed by atoms with van der Waals surface area (Å²) in [5, 5.41) is 4.30. The number of anilines is 1. The van der Waals surface area contributed by atoms with E-state index in [4.69, 9.17) is 11.6 Å². The zero-order valence-electron chi connectivity index (χ0n) is 13.6. The van der Waals surface area contributed by atoms with E-state index in [-0.39, 0.29) is 11.9 Å². The van der Waals surface area contributed by atoms with Gasteiger partial charge in [-0.05, 0) is 49.7 Å². The molecule has 128 valence electrons. The van der Waals surface area contributed by atoms with E-state index in [1.807, 2.05) is 48.5 Å². The second-order valence-electron chi connectivity index (χ2n) is 6.18. The van der Waals surface area contributed by atoms with Gasteiger partial charge in [-0.1, -0.05) is 53.3 Å². The van der Waals surface area contributed by atoms with Crippen molar-refractivity contribution in [2.45, 2.75) is 18.9 Å². The minimum Gasteiger partial charge on any atom is -0.300 e. The van der Waals surface area contributed by atoms with Crippen LogP contribution >= 0.6 is 22.9 Å². The second-order valence-corrected chi connectivity index (χ2v) is 7.64. The highest BCUT2D eigenvalue weighted by Crippen LogP contribution is 2.31. The van der Waals surface area contributed by atoms with Gasteiger partial charge in [0.25, 0.3) is 0 Å². The SMILES string of the molecule is O=C(Nc1nc2ccc(Cl)cc2s1)C(c1ccccc1)N1CCCC1. The van der Waals surface area contributed by atoms with Gasteiger partial charge in [0.1, 0.15) is 6.04 Å². The van der Waals surface area contributed by atoms with Crippen LogP contribution in [0.5, 0.6) is 0 Å². The molecule has 1 fully saturated rings. The van der Waals surface area contributed by atoms with Gasteiger partial charge in [-0.25, -0.2) is 4.98 Å². The van der Waals surface area contributed by atoms with E-state index in [1.165, 1.54) is 11.3 Å². The Balaban J connectivity index is 1.61. The van der Waals surface area contributed by atoms with Crippen LogP contribution in [0.4, 0.5) is 5.13 Å². The van der Waals surface area contributed by atoms with Gasteiger partial charge in [-0.3, -0.25) is 9.69 Å². The number of carbonyl (C=O) groups is 1. The lowest BCUT2D eigenvalue weighted by atomic mass is 10.1. The van der Waals surface area contributed by atoms with Crippen molar-refractivity contribution in [1.29, 1.82) is 0 Å². The van der Waals surface area contributed by atoms with Crippen LogP contribution in [0.1, 0.15) is 24.4 Å². The van der Waals surface area contributed by atoms with Crippen molar-refractivity contribution in [3.8, 4) is 0 Å². The molecule has 2 heterocycles. The topological polar surface area (TPSA) is 45.2 Å². The van der Waals surface area contributed by atoms with Gasteiger partial charge < -0.3 is 5.32 Å². The Labute approximate surface area is 155 Å². The minimum atomic E-state index is -0.278. The van der Waals surface area contributed by atoms with Gasteiger partial charge in [-0.2, -0.15) is 0 Å². The van der Waals surface area contributed by atoms with Crippen molar-refractivity contribution in [2.24, 2.45) is 0 Å². The van der Waals surface area contributed by atoms with Crippen molar-refractivity contribution in [2.75, 3.05) is 18.4 Å². The Morgan fingerprint density at radius 3 is 2.68 bits per heavy atom. The lowest BCUT2D eigenvalue weighted by Crippen LogP contribution is -2.35. The van der Waals surface area contributed by atoms with Crippen molar-refractivity contribution >= 4 is 44.2 Å². The first-order valence-corrected chi connectivity index (χ1v) is 9.56. The standard InChI is InChI=1S/C19H18ClN3OS/c20-14-8-9-15-16(12-14)25-19(21-15)22-18(24)17(23-10-4-5-11-23)13-6-2-1-3-7-13/h1-3,6-9,12,17H,4-5,10-11H2,(H,21,22,24). The molecular weight excluding hydrogens is 354 g/mol. The van der Waals surface area contributed by atoms with Crippen LogP contribution in [0.25, 0.3) is 10.2 Å². The number of thiazole rings is 1. The van der Waals surface area contributed by atoms with E-state index in [2.05, 4.69) is 15.2 Å². The van der Waals surface area contributed by atoms with Gasteiger partial charge in [0.15, 0.2) is 5.13 Å². The number of aromatic nitrogens is 1. The first kappa shape index (κ1) is 16.5. The zero-order valence-corrected chi connectivity index (χ0v) is 15.2. The Morgan fingerprint density at radius 2 is 1.92 bits per heavy atom. The molecule has 1 N–H and O–H groups in total. The Bertz CT molecular complexity index is 890. The van der Waals surface area contributed by atoms with E-state index in [0.29, 0.717) is 10.2 Å². The molecular formula is C19H18ClN3OS. The number of halogens is 1. The van der Waals surface area contributed by atoms with E-state index < -0.39 is 0 Å².